The molecule has 62 heavy (non-hydrogen) atoms. The van der Waals surface area contributed by atoms with Gasteiger partial charge < -0.3 is 9.97 Å². The van der Waals surface area contributed by atoms with E-state index in [0.717, 1.165) is 89.6 Å². The van der Waals surface area contributed by atoms with Crippen molar-refractivity contribution in [2.24, 2.45) is 0 Å². The van der Waals surface area contributed by atoms with Crippen LogP contribution in [0.1, 0.15) is 128 Å². The lowest BCUT2D eigenvalue weighted by molar-refractivity contribution is 0.568. The van der Waals surface area contributed by atoms with Crippen LogP contribution in [0, 0.1) is 0 Å². The fraction of sp³-hybridized carbons (Fsp3) is 0.308. The summed E-state index contributed by atoms with van der Waals surface area (Å²) in [4.78, 5) is 18.7. The zero-order valence-corrected chi connectivity index (χ0v) is 39.4. The molecule has 0 atom stereocenters. The summed E-state index contributed by atoms with van der Waals surface area (Å²) in [5.74, 6) is 0. The Bertz CT molecular complexity index is 2830. The largest absolute Gasteiger partial charge is 0.354 e. The average Bonchev–Trinajstić information content (AvgIpc) is 4.05. The van der Waals surface area contributed by atoms with Crippen LogP contribution in [-0.4, -0.2) is 39.1 Å². The van der Waals surface area contributed by atoms with Crippen molar-refractivity contribution in [1.29, 1.82) is 0 Å². The molecule has 7 aromatic rings. The van der Waals surface area contributed by atoms with E-state index in [1.807, 2.05) is 10.8 Å². The smallest absolute Gasteiger partial charge is 0.110 e. The maximum atomic E-state index is 5.66. The minimum atomic E-state index is -0.0836. The summed E-state index contributed by atoms with van der Waals surface area (Å²) in [6.45, 7) is 27.4. The Morgan fingerprint density at radius 2 is 0.677 bits per heavy atom. The standard InChI is InChI=1S/C52H54N8S2/c1-49(2,3)31-21-29(22-32(25-31)50(4,5)6)45-35-13-14-36(53-35)46(30-23-33(51(7,8)9)26-34(24-30)52(10,11)12)38-16-18-40(55-38)48(44-28-62-60-58-44)42-20-19-41(56-42)47(43-27-61-59-57-43)39-17-15-37(45)54-39/h13-28,54-55H,1-12H3. The SMILES string of the molecule is CC(C)(C)c1cc(-c2c3nc(c(-c4cc(C(C)(C)C)cc(C(C)(C)C)c4)c4ccc([nH]4)c(-c4csnn4)c4nc(c(-c5csnn5)c5ccc2[nH]5)C=C4)C=C3)cc(C(C)(C)C)c1. The highest BCUT2D eigenvalue weighted by Crippen LogP contribution is 2.42. The van der Waals surface area contributed by atoms with Crippen LogP contribution < -0.4 is 0 Å². The van der Waals surface area contributed by atoms with Gasteiger partial charge in [0.05, 0.1) is 44.9 Å². The molecule has 9 rings (SSSR count). The molecule has 314 valence electrons. The summed E-state index contributed by atoms with van der Waals surface area (Å²) < 4.78 is 8.57. The molecule has 0 saturated heterocycles. The molecule has 10 heteroatoms. The first-order valence-corrected chi connectivity index (χ1v) is 22.9. The number of aromatic nitrogens is 8. The van der Waals surface area contributed by atoms with Gasteiger partial charge in [0.15, 0.2) is 0 Å². The molecule has 0 fully saturated rings. The van der Waals surface area contributed by atoms with Gasteiger partial charge >= 0.3 is 0 Å². The van der Waals surface area contributed by atoms with E-state index in [9.17, 15) is 0 Å². The monoisotopic (exact) mass is 854 g/mol. The highest BCUT2D eigenvalue weighted by atomic mass is 32.1. The molecule has 0 amide bonds. The highest BCUT2D eigenvalue weighted by molar-refractivity contribution is 7.03. The Kier molecular flexibility index (Phi) is 9.98. The van der Waals surface area contributed by atoms with Crippen molar-refractivity contribution < 1.29 is 0 Å². The second-order valence-electron chi connectivity index (χ2n) is 20.7. The Labute approximate surface area is 372 Å². The number of benzene rings is 2. The maximum absolute atomic E-state index is 5.66. The summed E-state index contributed by atoms with van der Waals surface area (Å²) in [5.41, 5.74) is 19.2. The van der Waals surface area contributed by atoms with E-state index in [1.165, 1.54) is 45.3 Å². The molecule has 0 radical (unpaired) electrons. The summed E-state index contributed by atoms with van der Waals surface area (Å²) in [6, 6.07) is 22.8. The number of H-pyrrole nitrogens is 2. The first-order valence-electron chi connectivity index (χ1n) is 21.3. The minimum Gasteiger partial charge on any atom is -0.354 e. The van der Waals surface area contributed by atoms with Crippen molar-refractivity contribution in [1.82, 2.24) is 39.1 Å². The Morgan fingerprint density at radius 3 is 0.952 bits per heavy atom. The lowest BCUT2D eigenvalue weighted by Gasteiger charge is -2.26. The van der Waals surface area contributed by atoms with E-state index in [4.69, 9.17) is 9.97 Å². The fourth-order valence-corrected chi connectivity index (χ4v) is 9.07. The number of fused-ring (bicyclic) bond motifs is 8. The molecular weight excluding hydrogens is 801 g/mol. The molecule has 0 spiro atoms. The number of hydrogen-bond acceptors (Lipinski definition) is 8. The molecule has 5 aromatic heterocycles. The van der Waals surface area contributed by atoms with Crippen LogP contribution in [0.25, 0.3) is 91.1 Å². The second kappa shape index (κ2) is 14.9. The molecule has 8 bridgehead atoms. The van der Waals surface area contributed by atoms with Gasteiger partial charge in [-0.1, -0.05) is 128 Å². The molecule has 7 heterocycles. The number of nitrogens with zero attached hydrogens (tertiary/aromatic N) is 6. The number of aromatic amines is 2. The van der Waals surface area contributed by atoms with Crippen LogP contribution in [0.4, 0.5) is 0 Å². The van der Waals surface area contributed by atoms with E-state index in [2.05, 4.69) is 197 Å². The van der Waals surface area contributed by atoms with Crippen molar-refractivity contribution >= 4 is 69.4 Å². The van der Waals surface area contributed by atoms with E-state index in [-0.39, 0.29) is 21.7 Å². The highest BCUT2D eigenvalue weighted by Gasteiger charge is 2.26. The summed E-state index contributed by atoms with van der Waals surface area (Å²) in [5, 5.41) is 13.1. The van der Waals surface area contributed by atoms with Gasteiger partial charge in [-0.3, -0.25) is 0 Å². The van der Waals surface area contributed by atoms with Crippen LogP contribution in [0.15, 0.2) is 71.4 Å². The summed E-state index contributed by atoms with van der Waals surface area (Å²) in [7, 11) is 0. The molecule has 2 N–H and O–H groups in total. The number of nitrogens with one attached hydrogen (secondary N) is 2. The van der Waals surface area contributed by atoms with Gasteiger partial charge in [0.25, 0.3) is 0 Å². The van der Waals surface area contributed by atoms with E-state index < -0.39 is 0 Å². The van der Waals surface area contributed by atoms with Crippen molar-refractivity contribution in [2.75, 3.05) is 0 Å². The first-order chi connectivity index (χ1) is 29.2. The van der Waals surface area contributed by atoms with Gasteiger partial charge in [-0.25, -0.2) is 9.97 Å². The van der Waals surface area contributed by atoms with Gasteiger partial charge in [-0.05, 0) is 127 Å². The molecule has 0 unspecified atom stereocenters. The third kappa shape index (κ3) is 7.79. The first kappa shape index (κ1) is 41.5. The molecule has 2 aliphatic rings. The molecule has 2 aromatic carbocycles. The van der Waals surface area contributed by atoms with Crippen LogP contribution in [0.2, 0.25) is 0 Å². The van der Waals surface area contributed by atoms with Gasteiger partial charge in [0.1, 0.15) is 11.4 Å². The van der Waals surface area contributed by atoms with Crippen LogP contribution in [-0.2, 0) is 21.7 Å². The molecule has 8 nitrogen and oxygen atoms in total. The van der Waals surface area contributed by atoms with Crippen molar-refractivity contribution in [3.63, 3.8) is 0 Å². The lowest BCUT2D eigenvalue weighted by atomic mass is 9.78. The molecule has 0 aliphatic carbocycles. The Hall–Kier alpha value is -5.84. The maximum Gasteiger partial charge on any atom is 0.110 e. The quantitative estimate of drug-likeness (QED) is 0.182. The van der Waals surface area contributed by atoms with E-state index >= 15 is 0 Å². The molecule has 2 aliphatic heterocycles. The normalized spacial score (nSPS) is 13.4. The summed E-state index contributed by atoms with van der Waals surface area (Å²) in [6.07, 6.45) is 8.50. The Morgan fingerprint density at radius 1 is 0.387 bits per heavy atom. The summed E-state index contributed by atoms with van der Waals surface area (Å²) >= 11 is 2.65. The van der Waals surface area contributed by atoms with Gasteiger partial charge in [0.2, 0.25) is 0 Å². The van der Waals surface area contributed by atoms with Gasteiger partial charge in [-0.2, -0.15) is 0 Å². The molecular formula is C52H54N8S2. The van der Waals surface area contributed by atoms with Crippen LogP contribution in [0.5, 0.6) is 0 Å². The third-order valence-corrected chi connectivity index (χ3v) is 12.9. The number of rotatable bonds is 4. The molecule has 0 saturated carbocycles. The van der Waals surface area contributed by atoms with E-state index in [1.54, 1.807) is 0 Å². The van der Waals surface area contributed by atoms with Crippen LogP contribution in [0.3, 0.4) is 0 Å². The fourth-order valence-electron chi connectivity index (χ4n) is 8.17. The lowest BCUT2D eigenvalue weighted by Crippen LogP contribution is -2.16. The van der Waals surface area contributed by atoms with Crippen molar-refractivity contribution in [3.8, 4) is 44.8 Å². The second-order valence-corrected chi connectivity index (χ2v) is 21.9. The van der Waals surface area contributed by atoms with E-state index in [0.29, 0.717) is 0 Å². The van der Waals surface area contributed by atoms with Gasteiger partial charge in [-0.15, -0.1) is 10.2 Å². The zero-order chi connectivity index (χ0) is 43.9. The van der Waals surface area contributed by atoms with Crippen molar-refractivity contribution in [2.45, 2.75) is 105 Å². The minimum absolute atomic E-state index is 0.0836. The third-order valence-electron chi connectivity index (χ3n) is 11.9. The predicted octanol–water partition coefficient (Wildman–Crippen LogP) is 14.2. The average molecular weight is 855 g/mol. The van der Waals surface area contributed by atoms with Crippen molar-refractivity contribution in [3.05, 3.63) is 116 Å². The predicted molar refractivity (Wildman–Crippen MR) is 262 cm³/mol. The zero-order valence-electron chi connectivity index (χ0n) is 37.7. The topological polar surface area (TPSA) is 109 Å². The Balaban J connectivity index is 1.49. The number of hydrogen-bond donors (Lipinski definition) is 2. The van der Waals surface area contributed by atoms with Gasteiger partial charge in [0, 0.05) is 32.9 Å². The van der Waals surface area contributed by atoms with Crippen LogP contribution >= 0.6 is 23.1 Å².